The molecule has 0 amide bonds. The van der Waals surface area contributed by atoms with Gasteiger partial charge in [0.1, 0.15) is 9.84 Å². The van der Waals surface area contributed by atoms with E-state index in [0.717, 1.165) is 19.4 Å². The van der Waals surface area contributed by atoms with Crippen LogP contribution in [0.4, 0.5) is 0 Å². The first-order valence-corrected chi connectivity index (χ1v) is 7.46. The molecule has 0 heterocycles. The van der Waals surface area contributed by atoms with E-state index in [4.69, 9.17) is 0 Å². The van der Waals surface area contributed by atoms with Gasteiger partial charge in [0.2, 0.25) is 0 Å². The summed E-state index contributed by atoms with van der Waals surface area (Å²) < 4.78 is 22.0. The maximum absolute atomic E-state index is 11.0. The van der Waals surface area contributed by atoms with E-state index in [1.54, 1.807) is 0 Å². The summed E-state index contributed by atoms with van der Waals surface area (Å²) in [5.41, 5.74) is 0. The van der Waals surface area contributed by atoms with Crippen LogP contribution in [0.3, 0.4) is 0 Å². The second-order valence-corrected chi connectivity index (χ2v) is 6.08. The predicted octanol–water partition coefficient (Wildman–Crippen LogP) is 1.59. The first-order chi connectivity index (χ1) is 6.49. The summed E-state index contributed by atoms with van der Waals surface area (Å²) in [5.74, 6) is 0.300. The van der Waals surface area contributed by atoms with Crippen LogP contribution in [0.25, 0.3) is 0 Å². The number of hydrogen-bond donors (Lipinski definition) is 1. The zero-order chi connectivity index (χ0) is 11.0. The lowest BCUT2D eigenvalue weighted by molar-refractivity contribution is 0.463. The molecule has 0 aliphatic carbocycles. The number of rotatable bonds is 8. The molecule has 0 saturated carbocycles. The molecule has 1 unspecified atom stereocenters. The minimum Gasteiger partial charge on any atom is -0.314 e. The molecule has 4 heteroatoms. The SMILES string of the molecule is CCCCC(CCS(C)(=O)=O)NCC. The second-order valence-electron chi connectivity index (χ2n) is 3.82. The van der Waals surface area contributed by atoms with Crippen LogP contribution in [-0.4, -0.2) is 33.0 Å². The smallest absolute Gasteiger partial charge is 0.147 e. The van der Waals surface area contributed by atoms with Crippen molar-refractivity contribution < 1.29 is 8.42 Å². The van der Waals surface area contributed by atoms with Gasteiger partial charge in [-0.3, -0.25) is 0 Å². The number of sulfone groups is 1. The molecule has 0 aromatic rings. The van der Waals surface area contributed by atoms with Gasteiger partial charge in [0.05, 0.1) is 5.75 Å². The third-order valence-corrected chi connectivity index (χ3v) is 3.21. The van der Waals surface area contributed by atoms with E-state index in [2.05, 4.69) is 19.2 Å². The Kier molecular flexibility index (Phi) is 7.19. The van der Waals surface area contributed by atoms with E-state index in [1.807, 2.05) is 0 Å². The van der Waals surface area contributed by atoms with Gasteiger partial charge in [-0.2, -0.15) is 0 Å². The van der Waals surface area contributed by atoms with E-state index in [0.29, 0.717) is 11.8 Å². The molecule has 0 aliphatic rings. The highest BCUT2D eigenvalue weighted by atomic mass is 32.2. The van der Waals surface area contributed by atoms with Crippen LogP contribution in [0.5, 0.6) is 0 Å². The van der Waals surface area contributed by atoms with E-state index in [9.17, 15) is 8.42 Å². The van der Waals surface area contributed by atoms with Crippen molar-refractivity contribution in [1.29, 1.82) is 0 Å². The Balaban J connectivity index is 3.84. The molecule has 0 fully saturated rings. The van der Waals surface area contributed by atoms with Crippen LogP contribution in [0.2, 0.25) is 0 Å². The molecular formula is C10H23NO2S. The van der Waals surface area contributed by atoms with Crippen LogP contribution in [-0.2, 0) is 9.84 Å². The zero-order valence-electron chi connectivity index (χ0n) is 9.54. The molecule has 0 radical (unpaired) electrons. The van der Waals surface area contributed by atoms with Gasteiger partial charge in [0, 0.05) is 12.3 Å². The average Bonchev–Trinajstić information content (AvgIpc) is 2.08. The van der Waals surface area contributed by atoms with Crippen molar-refractivity contribution >= 4 is 9.84 Å². The van der Waals surface area contributed by atoms with E-state index in [-0.39, 0.29) is 0 Å². The van der Waals surface area contributed by atoms with Gasteiger partial charge in [-0.25, -0.2) is 8.42 Å². The topological polar surface area (TPSA) is 46.2 Å². The van der Waals surface area contributed by atoms with Gasteiger partial charge in [0.15, 0.2) is 0 Å². The fourth-order valence-electron chi connectivity index (χ4n) is 1.44. The lowest BCUT2D eigenvalue weighted by Gasteiger charge is -2.16. The lowest BCUT2D eigenvalue weighted by atomic mass is 10.1. The number of unbranched alkanes of at least 4 members (excludes halogenated alkanes) is 1. The molecule has 0 aliphatic heterocycles. The van der Waals surface area contributed by atoms with Gasteiger partial charge in [-0.1, -0.05) is 26.7 Å². The number of hydrogen-bond acceptors (Lipinski definition) is 3. The Morgan fingerprint density at radius 2 is 1.86 bits per heavy atom. The Morgan fingerprint density at radius 1 is 1.21 bits per heavy atom. The molecule has 14 heavy (non-hydrogen) atoms. The largest absolute Gasteiger partial charge is 0.314 e. The van der Waals surface area contributed by atoms with Gasteiger partial charge < -0.3 is 5.32 Å². The standard InChI is InChI=1S/C10H23NO2S/c1-4-6-7-10(11-5-2)8-9-14(3,12)13/h10-11H,4-9H2,1-3H3. The van der Waals surface area contributed by atoms with E-state index < -0.39 is 9.84 Å². The molecular weight excluding hydrogens is 198 g/mol. The maximum atomic E-state index is 11.0. The van der Waals surface area contributed by atoms with Crippen LogP contribution in [0, 0.1) is 0 Å². The van der Waals surface area contributed by atoms with Gasteiger partial charge in [0.25, 0.3) is 0 Å². The fourth-order valence-corrected chi connectivity index (χ4v) is 2.16. The van der Waals surface area contributed by atoms with Gasteiger partial charge >= 0.3 is 0 Å². The Bertz CT molecular complexity index is 224. The first-order valence-electron chi connectivity index (χ1n) is 5.40. The van der Waals surface area contributed by atoms with Crippen molar-refractivity contribution in [3.05, 3.63) is 0 Å². The predicted molar refractivity (Wildman–Crippen MR) is 61.3 cm³/mol. The summed E-state index contributed by atoms with van der Waals surface area (Å²) in [7, 11) is -2.80. The lowest BCUT2D eigenvalue weighted by Crippen LogP contribution is -2.30. The summed E-state index contributed by atoms with van der Waals surface area (Å²) in [6, 6.07) is 0.370. The van der Waals surface area contributed by atoms with Crippen LogP contribution >= 0.6 is 0 Å². The van der Waals surface area contributed by atoms with E-state index in [1.165, 1.54) is 19.1 Å². The highest BCUT2D eigenvalue weighted by Gasteiger charge is 2.10. The Labute approximate surface area is 88.2 Å². The first kappa shape index (κ1) is 13.9. The molecule has 0 saturated heterocycles. The maximum Gasteiger partial charge on any atom is 0.147 e. The van der Waals surface area contributed by atoms with Crippen LogP contribution in [0.1, 0.15) is 39.5 Å². The minimum atomic E-state index is -2.80. The third-order valence-electron chi connectivity index (χ3n) is 2.24. The quantitative estimate of drug-likeness (QED) is 0.677. The summed E-state index contributed by atoms with van der Waals surface area (Å²) in [6.45, 7) is 5.12. The highest BCUT2D eigenvalue weighted by Crippen LogP contribution is 2.05. The minimum absolute atomic E-state index is 0.300. The van der Waals surface area contributed by atoms with Crippen molar-refractivity contribution in [2.24, 2.45) is 0 Å². The molecule has 1 atom stereocenters. The second kappa shape index (κ2) is 7.23. The van der Waals surface area contributed by atoms with Crippen LogP contribution < -0.4 is 5.32 Å². The Hall–Kier alpha value is -0.0900. The third kappa shape index (κ3) is 8.51. The molecule has 1 N–H and O–H groups in total. The van der Waals surface area contributed by atoms with Crippen molar-refractivity contribution in [2.75, 3.05) is 18.6 Å². The summed E-state index contributed by atoms with van der Waals surface area (Å²) in [5, 5.41) is 3.33. The molecule has 0 rings (SSSR count). The average molecular weight is 221 g/mol. The summed E-state index contributed by atoms with van der Waals surface area (Å²) in [6.07, 6.45) is 5.46. The van der Waals surface area contributed by atoms with Crippen molar-refractivity contribution in [1.82, 2.24) is 5.32 Å². The molecule has 0 bridgehead atoms. The van der Waals surface area contributed by atoms with Crippen molar-refractivity contribution in [3.8, 4) is 0 Å². The molecule has 86 valence electrons. The van der Waals surface area contributed by atoms with E-state index >= 15 is 0 Å². The summed E-state index contributed by atoms with van der Waals surface area (Å²) in [4.78, 5) is 0. The molecule has 0 aromatic carbocycles. The van der Waals surface area contributed by atoms with Crippen molar-refractivity contribution in [2.45, 2.75) is 45.6 Å². The normalized spacial score (nSPS) is 14.2. The molecule has 3 nitrogen and oxygen atoms in total. The monoisotopic (exact) mass is 221 g/mol. The molecule has 0 aromatic heterocycles. The van der Waals surface area contributed by atoms with Crippen molar-refractivity contribution in [3.63, 3.8) is 0 Å². The fraction of sp³-hybridized carbons (Fsp3) is 1.00. The zero-order valence-corrected chi connectivity index (χ0v) is 10.4. The van der Waals surface area contributed by atoms with Gasteiger partial charge in [-0.05, 0) is 19.4 Å². The Morgan fingerprint density at radius 3 is 2.29 bits per heavy atom. The summed E-state index contributed by atoms with van der Waals surface area (Å²) >= 11 is 0. The highest BCUT2D eigenvalue weighted by molar-refractivity contribution is 7.90. The number of nitrogens with one attached hydrogen (secondary N) is 1. The van der Waals surface area contributed by atoms with Gasteiger partial charge in [-0.15, -0.1) is 0 Å². The molecule has 0 spiro atoms. The van der Waals surface area contributed by atoms with Crippen LogP contribution in [0.15, 0.2) is 0 Å².